The van der Waals surface area contributed by atoms with Crippen molar-refractivity contribution in [2.45, 2.75) is 20.0 Å². The first-order chi connectivity index (χ1) is 9.43. The summed E-state index contributed by atoms with van der Waals surface area (Å²) in [6, 6.07) is 4.06. The minimum absolute atomic E-state index is 0.183. The van der Waals surface area contributed by atoms with Crippen LogP contribution in [0.15, 0.2) is 24.2 Å². The van der Waals surface area contributed by atoms with E-state index in [1.165, 1.54) is 6.07 Å². The zero-order valence-electron chi connectivity index (χ0n) is 11.2. The number of hydrogen-bond donors (Lipinski definition) is 2. The first kappa shape index (κ1) is 15.8. The highest BCUT2D eigenvalue weighted by molar-refractivity contribution is 5.76. The summed E-state index contributed by atoms with van der Waals surface area (Å²) in [4.78, 5) is 3.72. The largest absolute Gasteiger partial charge is 0.417 e. The summed E-state index contributed by atoms with van der Waals surface area (Å²) in [5.74, 6) is 0.463. The Morgan fingerprint density at radius 1 is 1.25 bits per heavy atom. The molecule has 2 N–H and O–H groups in total. The quantitative estimate of drug-likeness (QED) is 0.816. The lowest BCUT2D eigenvalue weighted by molar-refractivity contribution is -0.137. The van der Waals surface area contributed by atoms with Crippen LogP contribution >= 0.6 is 0 Å². The smallest absolute Gasteiger partial charge is 0.371 e. The Morgan fingerprint density at radius 3 is 2.20 bits per heavy atom. The van der Waals surface area contributed by atoms with E-state index in [4.69, 9.17) is 0 Å². The monoisotopic (exact) mass is 284 g/mol. The van der Waals surface area contributed by atoms with Gasteiger partial charge in [0.2, 0.25) is 0 Å². The predicted molar refractivity (Wildman–Crippen MR) is 69.1 cm³/mol. The van der Waals surface area contributed by atoms with Crippen molar-refractivity contribution in [2.24, 2.45) is 0 Å². The molecular weight excluding hydrogens is 269 g/mol. The molecule has 0 bridgehead atoms. The van der Waals surface area contributed by atoms with E-state index in [0.717, 1.165) is 12.3 Å². The van der Waals surface area contributed by atoms with Crippen molar-refractivity contribution in [3.8, 4) is 6.07 Å². The van der Waals surface area contributed by atoms with Gasteiger partial charge in [-0.3, -0.25) is 4.98 Å². The molecule has 0 atom stereocenters. The highest BCUT2D eigenvalue weighted by atomic mass is 19.4. The van der Waals surface area contributed by atoms with Crippen molar-refractivity contribution in [3.63, 3.8) is 0 Å². The maximum Gasteiger partial charge on any atom is 0.417 e. The van der Waals surface area contributed by atoms with E-state index < -0.39 is 11.7 Å². The predicted octanol–water partition coefficient (Wildman–Crippen LogP) is 2.51. The molecule has 1 aromatic rings. The normalized spacial score (nSPS) is 10.6. The number of alkyl halides is 3. The van der Waals surface area contributed by atoms with Gasteiger partial charge in [0.15, 0.2) is 0 Å². The molecule has 0 saturated carbocycles. The second kappa shape index (κ2) is 6.80. The molecule has 1 aromatic heterocycles. The number of hydrogen-bond acceptors (Lipinski definition) is 4. The lowest BCUT2D eigenvalue weighted by atomic mass is 10.1. The number of halogens is 3. The Balaban J connectivity index is 3.18. The van der Waals surface area contributed by atoms with Crippen LogP contribution in [0.1, 0.15) is 25.1 Å². The second-order valence-electron chi connectivity index (χ2n) is 3.85. The summed E-state index contributed by atoms with van der Waals surface area (Å²) < 4.78 is 37.4. The molecule has 108 valence electrons. The Hall–Kier alpha value is -2.23. The molecule has 20 heavy (non-hydrogen) atoms. The van der Waals surface area contributed by atoms with Gasteiger partial charge in [0.05, 0.1) is 11.3 Å². The Labute approximate surface area is 115 Å². The van der Waals surface area contributed by atoms with Crippen molar-refractivity contribution in [1.82, 2.24) is 15.6 Å². The Kier molecular flexibility index (Phi) is 5.38. The second-order valence-corrected chi connectivity index (χ2v) is 3.85. The summed E-state index contributed by atoms with van der Waals surface area (Å²) in [7, 11) is 0. The molecule has 0 spiro atoms. The van der Waals surface area contributed by atoms with E-state index >= 15 is 0 Å². The van der Waals surface area contributed by atoms with Crippen LogP contribution < -0.4 is 10.6 Å². The summed E-state index contributed by atoms with van der Waals surface area (Å²) in [6.45, 7) is 4.86. The van der Waals surface area contributed by atoms with Crippen molar-refractivity contribution in [3.05, 3.63) is 35.4 Å². The first-order valence-corrected chi connectivity index (χ1v) is 6.09. The fraction of sp³-hybridized carbons (Fsp3) is 0.385. The molecule has 0 aliphatic carbocycles. The molecule has 0 fully saturated rings. The van der Waals surface area contributed by atoms with Crippen LogP contribution in [-0.2, 0) is 6.18 Å². The molecule has 1 heterocycles. The van der Waals surface area contributed by atoms with Gasteiger partial charge in [-0.1, -0.05) is 0 Å². The summed E-state index contributed by atoms with van der Waals surface area (Å²) >= 11 is 0. The third kappa shape index (κ3) is 3.88. The van der Waals surface area contributed by atoms with Crippen molar-refractivity contribution < 1.29 is 13.2 Å². The average molecular weight is 284 g/mol. The minimum Gasteiger partial charge on any atom is -0.371 e. The van der Waals surface area contributed by atoms with Crippen LogP contribution in [0.3, 0.4) is 0 Å². The van der Waals surface area contributed by atoms with Crippen LogP contribution in [0.25, 0.3) is 5.57 Å². The van der Waals surface area contributed by atoms with Gasteiger partial charge < -0.3 is 10.6 Å². The zero-order chi connectivity index (χ0) is 15.2. The fourth-order valence-electron chi connectivity index (χ4n) is 1.54. The Morgan fingerprint density at radius 2 is 1.85 bits per heavy atom. The summed E-state index contributed by atoms with van der Waals surface area (Å²) in [6.07, 6.45) is -3.71. The standard InChI is InChI=1S/C13H15F3N4/c1-3-18-12(19-4-2)10(7-17)11-6-5-9(8-20-11)13(14,15)16/h5-6,8,18-19H,3-4H2,1-2H3. The highest BCUT2D eigenvalue weighted by Gasteiger charge is 2.30. The average Bonchev–Trinajstić information content (AvgIpc) is 2.39. The molecule has 0 amide bonds. The number of aromatic nitrogens is 1. The highest BCUT2D eigenvalue weighted by Crippen LogP contribution is 2.29. The van der Waals surface area contributed by atoms with Crippen LogP contribution in [-0.4, -0.2) is 18.1 Å². The van der Waals surface area contributed by atoms with E-state index in [0.29, 0.717) is 18.9 Å². The van der Waals surface area contributed by atoms with E-state index in [1.54, 1.807) is 0 Å². The number of nitrogens with one attached hydrogen (secondary N) is 2. The summed E-state index contributed by atoms with van der Waals surface area (Å²) in [5.41, 5.74) is -0.466. The molecule has 1 rings (SSSR count). The van der Waals surface area contributed by atoms with Gasteiger partial charge in [-0.25, -0.2) is 0 Å². The molecule has 7 heteroatoms. The van der Waals surface area contributed by atoms with Crippen LogP contribution in [0.2, 0.25) is 0 Å². The van der Waals surface area contributed by atoms with Gasteiger partial charge in [-0.2, -0.15) is 18.4 Å². The lowest BCUT2D eigenvalue weighted by Gasteiger charge is -2.13. The third-order valence-electron chi connectivity index (χ3n) is 2.42. The summed E-state index contributed by atoms with van der Waals surface area (Å²) in [5, 5.41) is 15.1. The fourth-order valence-corrected chi connectivity index (χ4v) is 1.54. The SMILES string of the molecule is CCNC(NCC)=C(C#N)c1ccc(C(F)(F)F)cn1. The minimum atomic E-state index is -4.44. The maximum absolute atomic E-state index is 12.5. The Bertz CT molecular complexity index is 504. The molecule has 0 unspecified atom stereocenters. The van der Waals surface area contributed by atoms with Crippen molar-refractivity contribution in [2.75, 3.05) is 13.1 Å². The molecule has 0 aliphatic rings. The molecule has 0 saturated heterocycles. The molecule has 4 nitrogen and oxygen atoms in total. The van der Waals surface area contributed by atoms with Gasteiger partial charge in [-0.05, 0) is 26.0 Å². The van der Waals surface area contributed by atoms with E-state index in [2.05, 4.69) is 15.6 Å². The third-order valence-corrected chi connectivity index (χ3v) is 2.42. The molecule has 0 aliphatic heterocycles. The lowest BCUT2D eigenvalue weighted by Crippen LogP contribution is -2.27. The van der Waals surface area contributed by atoms with Gasteiger partial charge in [0, 0.05) is 19.3 Å². The van der Waals surface area contributed by atoms with Crippen LogP contribution in [0.5, 0.6) is 0 Å². The van der Waals surface area contributed by atoms with Gasteiger partial charge in [0.25, 0.3) is 0 Å². The number of nitrogens with zero attached hydrogens (tertiary/aromatic N) is 2. The number of pyridine rings is 1. The maximum atomic E-state index is 12.5. The van der Waals surface area contributed by atoms with Gasteiger partial charge in [-0.15, -0.1) is 0 Å². The van der Waals surface area contributed by atoms with E-state index in [9.17, 15) is 18.4 Å². The van der Waals surface area contributed by atoms with Gasteiger partial charge >= 0.3 is 6.18 Å². The number of nitriles is 1. The van der Waals surface area contributed by atoms with Crippen molar-refractivity contribution >= 4 is 5.57 Å². The van der Waals surface area contributed by atoms with Crippen LogP contribution in [0, 0.1) is 11.3 Å². The van der Waals surface area contributed by atoms with E-state index in [-0.39, 0.29) is 11.3 Å². The van der Waals surface area contributed by atoms with Crippen molar-refractivity contribution in [1.29, 1.82) is 5.26 Å². The topological polar surface area (TPSA) is 60.7 Å². The molecule has 0 radical (unpaired) electrons. The van der Waals surface area contributed by atoms with Gasteiger partial charge in [0.1, 0.15) is 17.5 Å². The first-order valence-electron chi connectivity index (χ1n) is 6.09. The molecular formula is C13H15F3N4. The zero-order valence-corrected chi connectivity index (χ0v) is 11.2. The van der Waals surface area contributed by atoms with E-state index in [1.807, 2.05) is 19.9 Å². The molecule has 0 aromatic carbocycles. The van der Waals surface area contributed by atoms with Crippen LogP contribution in [0.4, 0.5) is 13.2 Å². The number of allylic oxidation sites excluding steroid dienone is 1. The number of rotatable bonds is 5.